The van der Waals surface area contributed by atoms with Crippen LogP contribution in [-0.2, 0) is 6.42 Å². The van der Waals surface area contributed by atoms with Crippen LogP contribution in [-0.4, -0.2) is 68.4 Å². The molecule has 8 nitrogen and oxygen atoms in total. The molecule has 0 radical (unpaired) electrons. The van der Waals surface area contributed by atoms with Gasteiger partial charge >= 0.3 is 0 Å². The Bertz CT molecular complexity index is 1240. The lowest BCUT2D eigenvalue weighted by atomic mass is 10.2. The van der Waals surface area contributed by atoms with Gasteiger partial charge in [0.05, 0.1) is 28.0 Å². The molecule has 3 aromatic heterocycles. The molecule has 10 heteroatoms. The maximum Gasteiger partial charge on any atom is 0.257 e. The summed E-state index contributed by atoms with van der Waals surface area (Å²) in [6.45, 7) is 5.76. The molecule has 1 aromatic carbocycles. The molecule has 0 bridgehead atoms. The quantitative estimate of drug-likeness (QED) is 0.400. The van der Waals surface area contributed by atoms with Crippen molar-refractivity contribution < 1.29 is 13.7 Å². The molecule has 1 amide bonds. The standard InChI is InChI=1S/C24H25FN6O2S/c1-17-20(16-26-31(17)19-8-6-18(25)7-9-19)24(32)30-13-11-29(12-14-30)10-2-5-22-27-23(28-33-22)21-4-3-15-34-21/h3-4,6-9,15-16H,2,5,10-14H2,1H3. The van der Waals surface area contributed by atoms with Crippen LogP contribution < -0.4 is 0 Å². The van der Waals surface area contributed by atoms with Crippen LogP contribution in [0.4, 0.5) is 4.39 Å². The van der Waals surface area contributed by atoms with Gasteiger partial charge in [-0.1, -0.05) is 11.2 Å². The van der Waals surface area contributed by atoms with E-state index in [0.29, 0.717) is 30.4 Å². The first kappa shape index (κ1) is 22.4. The van der Waals surface area contributed by atoms with E-state index in [2.05, 4.69) is 20.1 Å². The Balaban J connectivity index is 1.11. The first-order chi connectivity index (χ1) is 16.6. The summed E-state index contributed by atoms with van der Waals surface area (Å²) in [6.07, 6.45) is 3.26. The molecule has 0 N–H and O–H groups in total. The van der Waals surface area contributed by atoms with Crippen LogP contribution in [0.3, 0.4) is 0 Å². The van der Waals surface area contributed by atoms with Gasteiger partial charge in [-0.25, -0.2) is 9.07 Å². The van der Waals surface area contributed by atoms with Crippen molar-refractivity contribution >= 4 is 17.2 Å². The van der Waals surface area contributed by atoms with Crippen molar-refractivity contribution in [3.63, 3.8) is 0 Å². The molecule has 1 fully saturated rings. The van der Waals surface area contributed by atoms with Crippen LogP contribution in [0.1, 0.15) is 28.4 Å². The van der Waals surface area contributed by atoms with E-state index in [4.69, 9.17) is 4.52 Å². The molecule has 34 heavy (non-hydrogen) atoms. The van der Waals surface area contributed by atoms with E-state index >= 15 is 0 Å². The minimum absolute atomic E-state index is 0.0162. The highest BCUT2D eigenvalue weighted by atomic mass is 32.1. The average Bonchev–Trinajstić information content (AvgIpc) is 3.61. The zero-order chi connectivity index (χ0) is 23.5. The van der Waals surface area contributed by atoms with Gasteiger partial charge in [0.25, 0.3) is 5.91 Å². The Labute approximate surface area is 200 Å². The van der Waals surface area contributed by atoms with E-state index in [0.717, 1.165) is 48.7 Å². The molecule has 1 aliphatic rings. The van der Waals surface area contributed by atoms with Crippen LogP contribution in [0.25, 0.3) is 16.4 Å². The number of rotatable bonds is 7. The predicted molar refractivity (Wildman–Crippen MR) is 127 cm³/mol. The van der Waals surface area contributed by atoms with Gasteiger partial charge in [-0.3, -0.25) is 9.69 Å². The van der Waals surface area contributed by atoms with Crippen molar-refractivity contribution in [2.75, 3.05) is 32.7 Å². The number of hydrogen-bond acceptors (Lipinski definition) is 7. The smallest absolute Gasteiger partial charge is 0.257 e. The van der Waals surface area contributed by atoms with Gasteiger partial charge in [-0.05, 0) is 55.6 Å². The molecule has 0 spiro atoms. The van der Waals surface area contributed by atoms with Gasteiger partial charge in [0.1, 0.15) is 5.82 Å². The highest BCUT2D eigenvalue weighted by molar-refractivity contribution is 7.13. The molecule has 4 heterocycles. The highest BCUT2D eigenvalue weighted by Crippen LogP contribution is 2.22. The van der Waals surface area contributed by atoms with Crippen molar-refractivity contribution in [3.8, 4) is 16.4 Å². The lowest BCUT2D eigenvalue weighted by molar-refractivity contribution is 0.0635. The Morgan fingerprint density at radius 1 is 1.15 bits per heavy atom. The summed E-state index contributed by atoms with van der Waals surface area (Å²) < 4.78 is 20.3. The van der Waals surface area contributed by atoms with Crippen LogP contribution in [0, 0.1) is 12.7 Å². The fourth-order valence-corrected chi connectivity index (χ4v) is 4.77. The second-order valence-corrected chi connectivity index (χ2v) is 9.21. The molecule has 0 aliphatic carbocycles. The summed E-state index contributed by atoms with van der Waals surface area (Å²) >= 11 is 1.59. The van der Waals surface area contributed by atoms with Gasteiger partial charge in [0.15, 0.2) is 0 Å². The average molecular weight is 481 g/mol. The Hall–Kier alpha value is -3.37. The van der Waals surface area contributed by atoms with Crippen molar-refractivity contribution in [1.29, 1.82) is 0 Å². The Morgan fingerprint density at radius 2 is 1.94 bits per heavy atom. The first-order valence-corrected chi connectivity index (χ1v) is 12.1. The van der Waals surface area contributed by atoms with Crippen molar-refractivity contribution in [2.45, 2.75) is 19.8 Å². The third kappa shape index (κ3) is 4.78. The second kappa shape index (κ2) is 9.86. The lowest BCUT2D eigenvalue weighted by Gasteiger charge is -2.34. The predicted octanol–water partition coefficient (Wildman–Crippen LogP) is 3.82. The number of piperazine rings is 1. The fourth-order valence-electron chi connectivity index (χ4n) is 4.12. The molecule has 1 saturated heterocycles. The van der Waals surface area contributed by atoms with Gasteiger partial charge in [0.2, 0.25) is 11.7 Å². The van der Waals surface area contributed by atoms with Gasteiger partial charge in [0, 0.05) is 32.6 Å². The van der Waals surface area contributed by atoms with Crippen molar-refractivity contribution in [1.82, 2.24) is 29.7 Å². The minimum Gasteiger partial charge on any atom is -0.339 e. The topological polar surface area (TPSA) is 80.3 Å². The molecule has 4 aromatic rings. The molecule has 176 valence electrons. The summed E-state index contributed by atoms with van der Waals surface area (Å²) in [4.78, 5) is 22.8. The molecule has 0 saturated carbocycles. The summed E-state index contributed by atoms with van der Waals surface area (Å²) in [7, 11) is 0. The van der Waals surface area contributed by atoms with E-state index in [-0.39, 0.29) is 11.7 Å². The number of halogens is 1. The maximum absolute atomic E-state index is 13.2. The maximum atomic E-state index is 13.2. The Morgan fingerprint density at radius 3 is 2.68 bits per heavy atom. The molecule has 0 unspecified atom stereocenters. The van der Waals surface area contributed by atoms with E-state index in [9.17, 15) is 9.18 Å². The van der Waals surface area contributed by atoms with Gasteiger partial charge in [-0.15, -0.1) is 11.3 Å². The number of thiophene rings is 1. The first-order valence-electron chi connectivity index (χ1n) is 11.3. The van der Waals surface area contributed by atoms with E-state index in [1.54, 1.807) is 34.3 Å². The van der Waals surface area contributed by atoms with E-state index in [1.165, 1.54) is 12.1 Å². The number of aromatic nitrogens is 4. The molecule has 0 atom stereocenters. The highest BCUT2D eigenvalue weighted by Gasteiger charge is 2.25. The van der Waals surface area contributed by atoms with Crippen molar-refractivity contribution in [3.05, 3.63) is 70.9 Å². The van der Waals surface area contributed by atoms with Crippen molar-refractivity contribution in [2.24, 2.45) is 0 Å². The van der Waals surface area contributed by atoms with Crippen LogP contribution >= 0.6 is 11.3 Å². The molecule has 5 rings (SSSR count). The summed E-state index contributed by atoms with van der Waals surface area (Å²) in [5, 5.41) is 10.4. The largest absolute Gasteiger partial charge is 0.339 e. The SMILES string of the molecule is Cc1c(C(=O)N2CCN(CCCc3nc(-c4cccs4)no3)CC2)cnn1-c1ccc(F)cc1. The van der Waals surface area contributed by atoms with Gasteiger partial charge < -0.3 is 9.42 Å². The number of nitrogens with zero attached hydrogens (tertiary/aromatic N) is 6. The van der Waals surface area contributed by atoms with Gasteiger partial charge in [-0.2, -0.15) is 10.1 Å². The molecule has 1 aliphatic heterocycles. The summed E-state index contributed by atoms with van der Waals surface area (Å²) in [6, 6.07) is 10.0. The third-order valence-electron chi connectivity index (χ3n) is 6.05. The number of hydrogen-bond donors (Lipinski definition) is 0. The molecular weight excluding hydrogens is 455 g/mol. The number of aryl methyl sites for hydroxylation is 1. The second-order valence-electron chi connectivity index (χ2n) is 8.26. The fraction of sp³-hybridized carbons (Fsp3) is 0.333. The number of benzene rings is 1. The van der Waals surface area contributed by atoms with E-state index < -0.39 is 0 Å². The number of carbonyl (C=O) groups is 1. The monoisotopic (exact) mass is 480 g/mol. The zero-order valence-corrected chi connectivity index (χ0v) is 19.7. The van der Waals surface area contributed by atoms with E-state index in [1.807, 2.05) is 29.3 Å². The zero-order valence-electron chi connectivity index (χ0n) is 18.9. The van der Waals surface area contributed by atoms with Crippen LogP contribution in [0.15, 0.2) is 52.5 Å². The minimum atomic E-state index is -0.303. The lowest BCUT2D eigenvalue weighted by Crippen LogP contribution is -2.49. The summed E-state index contributed by atoms with van der Waals surface area (Å²) in [5.41, 5.74) is 2.06. The van der Waals surface area contributed by atoms with Crippen LogP contribution in [0.5, 0.6) is 0 Å². The third-order valence-corrected chi connectivity index (χ3v) is 6.91. The summed E-state index contributed by atoms with van der Waals surface area (Å²) in [5.74, 6) is 0.987. The Kier molecular flexibility index (Phi) is 6.50. The van der Waals surface area contributed by atoms with Crippen LogP contribution in [0.2, 0.25) is 0 Å². The normalized spacial score (nSPS) is 14.6. The molecular formula is C24H25FN6O2S. The number of carbonyl (C=O) groups excluding carboxylic acids is 1. The number of amides is 1.